The van der Waals surface area contributed by atoms with Gasteiger partial charge in [-0.1, -0.05) is 25.4 Å². The van der Waals surface area contributed by atoms with E-state index < -0.39 is 0 Å². The van der Waals surface area contributed by atoms with Crippen LogP contribution in [0.4, 0.5) is 17.2 Å². The number of halogens is 1. The molecule has 1 saturated heterocycles. The van der Waals surface area contributed by atoms with Crippen molar-refractivity contribution in [2.45, 2.75) is 40.0 Å². The number of carbonyl (C=O) groups excluding carboxylic acids is 2. The number of anilines is 3. The fraction of sp³-hybridized carbons (Fsp3) is 0.393. The molecule has 0 aliphatic carbocycles. The van der Waals surface area contributed by atoms with Crippen LogP contribution in [-0.4, -0.2) is 37.0 Å². The molecule has 1 aliphatic heterocycles. The van der Waals surface area contributed by atoms with Crippen molar-refractivity contribution >= 4 is 51.5 Å². The van der Waals surface area contributed by atoms with Crippen LogP contribution in [0.1, 0.15) is 38.7 Å². The number of methoxy groups -OCH3 is 1. The number of carbonyl (C=O) groups is 2. The fourth-order valence-electron chi connectivity index (χ4n) is 4.91. The van der Waals surface area contributed by atoms with Crippen molar-refractivity contribution < 1.29 is 14.3 Å². The first-order valence-corrected chi connectivity index (χ1v) is 12.7. The molecule has 3 aromatic rings. The van der Waals surface area contributed by atoms with Crippen molar-refractivity contribution in [2.24, 2.45) is 11.8 Å². The minimum Gasteiger partial charge on any atom is -0.495 e. The molecule has 2 N–H and O–H groups in total. The summed E-state index contributed by atoms with van der Waals surface area (Å²) < 4.78 is 5.24. The molecule has 0 unspecified atom stereocenters. The Labute approximate surface area is 217 Å². The number of benzene rings is 2. The molecule has 0 bridgehead atoms. The highest BCUT2D eigenvalue weighted by atomic mass is 35.5. The number of hydrogen-bond donors (Lipinski definition) is 2. The second-order valence-corrected chi connectivity index (χ2v) is 10.3. The number of hydrogen-bond acceptors (Lipinski definition) is 5. The quantitative estimate of drug-likeness (QED) is 0.406. The predicted octanol–water partition coefficient (Wildman–Crippen LogP) is 6.04. The highest BCUT2D eigenvalue weighted by molar-refractivity contribution is 6.31. The number of aromatic nitrogens is 1. The molecule has 0 saturated carbocycles. The van der Waals surface area contributed by atoms with E-state index in [1.165, 1.54) is 13.5 Å². The smallest absolute Gasteiger partial charge is 0.224 e. The molecule has 36 heavy (non-hydrogen) atoms. The lowest BCUT2D eigenvalue weighted by Gasteiger charge is -2.36. The Morgan fingerprint density at radius 2 is 1.72 bits per heavy atom. The molecule has 4 rings (SSSR count). The monoisotopic (exact) mass is 508 g/mol. The van der Waals surface area contributed by atoms with Crippen molar-refractivity contribution in [1.82, 2.24) is 4.98 Å². The molecule has 1 aliphatic rings. The molecule has 8 heteroatoms. The predicted molar refractivity (Wildman–Crippen MR) is 146 cm³/mol. The Morgan fingerprint density at radius 1 is 1.03 bits per heavy atom. The van der Waals surface area contributed by atoms with E-state index in [9.17, 15) is 9.59 Å². The van der Waals surface area contributed by atoms with Gasteiger partial charge in [-0.05, 0) is 73.2 Å². The molecule has 0 radical (unpaired) electrons. The molecule has 7 nitrogen and oxygen atoms in total. The Kier molecular flexibility index (Phi) is 7.99. The SMILES string of the molecule is COc1ccc(Cl)cc1NC(=O)CCC(=O)Nc1ccc2nc(N3C[C@H](C)C[C@H](C)C3)cc(C)c2c1. The minimum atomic E-state index is -0.293. The van der Waals surface area contributed by atoms with Gasteiger partial charge in [0.05, 0.1) is 18.3 Å². The molecule has 1 aromatic heterocycles. The maximum absolute atomic E-state index is 12.5. The third-order valence-electron chi connectivity index (χ3n) is 6.49. The van der Waals surface area contributed by atoms with E-state index in [2.05, 4.69) is 42.4 Å². The highest BCUT2D eigenvalue weighted by Gasteiger charge is 2.23. The van der Waals surface area contributed by atoms with Crippen molar-refractivity contribution in [3.63, 3.8) is 0 Å². The maximum atomic E-state index is 12.5. The van der Waals surface area contributed by atoms with E-state index in [-0.39, 0.29) is 24.7 Å². The number of pyridine rings is 1. The van der Waals surface area contributed by atoms with Gasteiger partial charge in [-0.15, -0.1) is 0 Å². The summed E-state index contributed by atoms with van der Waals surface area (Å²) in [6.07, 6.45) is 1.34. The summed E-state index contributed by atoms with van der Waals surface area (Å²) in [5.74, 6) is 2.29. The lowest BCUT2D eigenvalue weighted by atomic mass is 9.92. The summed E-state index contributed by atoms with van der Waals surface area (Å²) in [5, 5.41) is 7.13. The third-order valence-corrected chi connectivity index (χ3v) is 6.73. The van der Waals surface area contributed by atoms with Crippen LogP contribution < -0.4 is 20.3 Å². The van der Waals surface area contributed by atoms with Gasteiger partial charge in [0.15, 0.2) is 0 Å². The van der Waals surface area contributed by atoms with Gasteiger partial charge in [0, 0.05) is 42.0 Å². The average molecular weight is 509 g/mol. The van der Waals surface area contributed by atoms with Crippen LogP contribution in [0.25, 0.3) is 10.9 Å². The van der Waals surface area contributed by atoms with Gasteiger partial charge < -0.3 is 20.3 Å². The summed E-state index contributed by atoms with van der Waals surface area (Å²) in [5.41, 5.74) is 3.18. The first-order valence-electron chi connectivity index (χ1n) is 12.3. The van der Waals surface area contributed by atoms with E-state index in [1.807, 2.05) is 18.2 Å². The molecule has 2 heterocycles. The van der Waals surface area contributed by atoms with E-state index in [4.69, 9.17) is 21.3 Å². The number of aryl methyl sites for hydroxylation is 1. The first kappa shape index (κ1) is 25.8. The minimum absolute atomic E-state index is 0.0334. The highest BCUT2D eigenvalue weighted by Crippen LogP contribution is 2.30. The van der Waals surface area contributed by atoms with Gasteiger partial charge in [-0.25, -0.2) is 4.98 Å². The second-order valence-electron chi connectivity index (χ2n) is 9.82. The van der Waals surface area contributed by atoms with Gasteiger partial charge in [0.25, 0.3) is 0 Å². The zero-order valence-corrected chi connectivity index (χ0v) is 22.0. The largest absolute Gasteiger partial charge is 0.495 e. The average Bonchev–Trinajstić information content (AvgIpc) is 2.82. The van der Waals surface area contributed by atoms with E-state index >= 15 is 0 Å². The van der Waals surface area contributed by atoms with Crippen LogP contribution in [0, 0.1) is 18.8 Å². The van der Waals surface area contributed by atoms with E-state index in [1.54, 1.807) is 18.2 Å². The molecule has 2 amide bonds. The zero-order valence-electron chi connectivity index (χ0n) is 21.2. The summed E-state index contributed by atoms with van der Waals surface area (Å²) in [7, 11) is 1.52. The number of piperidine rings is 1. The van der Waals surface area contributed by atoms with Crippen LogP contribution in [-0.2, 0) is 9.59 Å². The number of fused-ring (bicyclic) bond motifs is 1. The van der Waals surface area contributed by atoms with Crippen molar-refractivity contribution in [3.8, 4) is 5.75 Å². The fourth-order valence-corrected chi connectivity index (χ4v) is 5.08. The second kappa shape index (κ2) is 11.2. The summed E-state index contributed by atoms with van der Waals surface area (Å²) in [6, 6.07) is 12.8. The van der Waals surface area contributed by atoms with Gasteiger partial charge in [-0.3, -0.25) is 9.59 Å². The molecule has 0 spiro atoms. The normalized spacial score (nSPS) is 17.6. The number of nitrogens with one attached hydrogen (secondary N) is 2. The standard InChI is InChI=1S/C28H33ClN4O3/c1-17-11-18(2)16-33(15-17)26-12-19(3)22-14-21(6-7-23(22)31-26)30-27(34)9-10-28(35)32-24-13-20(29)5-8-25(24)36-4/h5-8,12-14,17-18H,9-11,15-16H2,1-4H3,(H,30,34)(H,32,35)/t17-,18+. The number of amides is 2. The van der Waals surface area contributed by atoms with Gasteiger partial charge in [0.2, 0.25) is 11.8 Å². The van der Waals surface area contributed by atoms with Gasteiger partial charge >= 0.3 is 0 Å². The van der Waals surface area contributed by atoms with Crippen molar-refractivity contribution in [1.29, 1.82) is 0 Å². The summed E-state index contributed by atoms with van der Waals surface area (Å²) >= 11 is 6.01. The molecule has 2 aromatic carbocycles. The molecule has 190 valence electrons. The van der Waals surface area contributed by atoms with E-state index in [0.717, 1.165) is 35.4 Å². The molecular formula is C28H33ClN4O3. The summed E-state index contributed by atoms with van der Waals surface area (Å²) in [4.78, 5) is 32.2. The Bertz CT molecular complexity index is 1270. The Balaban J connectivity index is 1.38. The third kappa shape index (κ3) is 6.26. The van der Waals surface area contributed by atoms with Crippen LogP contribution in [0.3, 0.4) is 0 Å². The topological polar surface area (TPSA) is 83.6 Å². The number of ether oxygens (including phenoxy) is 1. The zero-order chi connectivity index (χ0) is 25.8. The molecule has 1 fully saturated rings. The van der Waals surface area contributed by atoms with Crippen LogP contribution in [0.15, 0.2) is 42.5 Å². The Morgan fingerprint density at radius 3 is 2.42 bits per heavy atom. The van der Waals surface area contributed by atoms with Crippen LogP contribution >= 0.6 is 11.6 Å². The summed E-state index contributed by atoms with van der Waals surface area (Å²) in [6.45, 7) is 8.71. The van der Waals surface area contributed by atoms with Crippen LogP contribution in [0.5, 0.6) is 5.75 Å². The van der Waals surface area contributed by atoms with E-state index in [0.29, 0.717) is 34.0 Å². The number of nitrogens with zero attached hydrogens (tertiary/aromatic N) is 2. The van der Waals surface area contributed by atoms with Gasteiger partial charge in [-0.2, -0.15) is 0 Å². The first-order chi connectivity index (χ1) is 17.2. The van der Waals surface area contributed by atoms with Crippen molar-refractivity contribution in [3.05, 3.63) is 53.1 Å². The Hall–Kier alpha value is -3.32. The molecule has 2 atom stereocenters. The lowest BCUT2D eigenvalue weighted by Crippen LogP contribution is -2.39. The maximum Gasteiger partial charge on any atom is 0.224 e. The molecular weight excluding hydrogens is 476 g/mol. The lowest BCUT2D eigenvalue weighted by molar-refractivity contribution is -0.121. The van der Waals surface area contributed by atoms with Crippen molar-refractivity contribution in [2.75, 3.05) is 35.7 Å². The van der Waals surface area contributed by atoms with Crippen LogP contribution in [0.2, 0.25) is 5.02 Å². The number of rotatable bonds is 7. The van der Waals surface area contributed by atoms with Gasteiger partial charge in [0.1, 0.15) is 11.6 Å².